The fourth-order valence-corrected chi connectivity index (χ4v) is 7.19. The fourth-order valence-electron chi connectivity index (χ4n) is 7.19. The summed E-state index contributed by atoms with van der Waals surface area (Å²) in [6, 6.07) is 51.0. The van der Waals surface area contributed by atoms with Gasteiger partial charge in [-0.2, -0.15) is 0 Å². The Kier molecular flexibility index (Phi) is 5.81. The largest absolute Gasteiger partial charge is 0.292 e. The Morgan fingerprint density at radius 1 is 0.500 bits per heavy atom. The molecule has 0 fully saturated rings. The summed E-state index contributed by atoms with van der Waals surface area (Å²) in [4.78, 5) is 15.5. The van der Waals surface area contributed by atoms with Gasteiger partial charge < -0.3 is 0 Å². The average Bonchev–Trinajstić information content (AvgIpc) is 3.61. The van der Waals surface area contributed by atoms with Crippen LogP contribution in [0.5, 0.6) is 0 Å². The van der Waals surface area contributed by atoms with E-state index in [1.807, 2.05) is 12.1 Å². The molecule has 4 heteroatoms. The lowest BCUT2D eigenvalue weighted by molar-refractivity contribution is 0.660. The summed E-state index contributed by atoms with van der Waals surface area (Å²) in [5, 5.41) is 1.03. The molecule has 0 atom stereocenters. The van der Waals surface area contributed by atoms with Gasteiger partial charge in [-0.1, -0.05) is 129 Å². The number of aromatic nitrogens is 4. The third-order valence-electron chi connectivity index (χ3n) is 9.44. The molecular weight excluding hydrogens is 560 g/mol. The number of imidazole rings is 1. The van der Waals surface area contributed by atoms with Crippen molar-refractivity contribution in [3.05, 3.63) is 157 Å². The van der Waals surface area contributed by atoms with Crippen LogP contribution >= 0.6 is 0 Å². The number of para-hydroxylation sites is 3. The van der Waals surface area contributed by atoms with E-state index in [2.05, 4.69) is 152 Å². The molecule has 4 nitrogen and oxygen atoms in total. The Labute approximate surface area is 267 Å². The Balaban J connectivity index is 1.21. The van der Waals surface area contributed by atoms with Crippen LogP contribution in [-0.2, 0) is 5.41 Å². The normalized spacial score (nSPS) is 13.2. The maximum Gasteiger partial charge on any atom is 0.161 e. The van der Waals surface area contributed by atoms with Crippen molar-refractivity contribution in [3.8, 4) is 50.8 Å². The van der Waals surface area contributed by atoms with Gasteiger partial charge in [0, 0.05) is 33.2 Å². The molecule has 0 aliphatic heterocycles. The van der Waals surface area contributed by atoms with E-state index in [4.69, 9.17) is 15.0 Å². The van der Waals surface area contributed by atoms with Crippen LogP contribution in [0, 0.1) is 0 Å². The van der Waals surface area contributed by atoms with Gasteiger partial charge in [-0.25, -0.2) is 15.0 Å². The number of benzene rings is 6. The lowest BCUT2D eigenvalue weighted by Crippen LogP contribution is -2.14. The Morgan fingerprint density at radius 3 is 2.02 bits per heavy atom. The first-order valence-electron chi connectivity index (χ1n) is 15.7. The zero-order valence-electron chi connectivity index (χ0n) is 25.6. The Morgan fingerprint density at radius 2 is 1.17 bits per heavy atom. The predicted octanol–water partition coefficient (Wildman–Crippen LogP) is 10.3. The van der Waals surface area contributed by atoms with Crippen molar-refractivity contribution in [3.63, 3.8) is 0 Å². The van der Waals surface area contributed by atoms with Gasteiger partial charge in [0.15, 0.2) is 5.82 Å². The molecule has 46 heavy (non-hydrogen) atoms. The van der Waals surface area contributed by atoms with Gasteiger partial charge in [-0.15, -0.1) is 0 Å². The van der Waals surface area contributed by atoms with Gasteiger partial charge in [0.1, 0.15) is 5.82 Å². The van der Waals surface area contributed by atoms with Gasteiger partial charge in [-0.3, -0.25) is 4.57 Å². The predicted molar refractivity (Wildman–Crippen MR) is 188 cm³/mol. The standard InChI is InChI=1S/C42H30N4/c1-42(2)33-18-8-6-15-30(33)38-32(17-12-19-34(38)42)40-43-35-20-9-7-16-31(35)39(45-40)27-23-25-29(26-24-27)46-37-22-11-10-21-36(37)44-41(46)28-13-4-3-5-14-28/h3-26H,1-2H3. The molecule has 1 aliphatic carbocycles. The number of hydrogen-bond acceptors (Lipinski definition) is 3. The molecule has 9 rings (SSSR count). The summed E-state index contributed by atoms with van der Waals surface area (Å²) >= 11 is 0. The molecule has 2 heterocycles. The Hall–Kier alpha value is -5.87. The highest BCUT2D eigenvalue weighted by atomic mass is 15.1. The van der Waals surface area contributed by atoms with E-state index in [-0.39, 0.29) is 5.41 Å². The van der Waals surface area contributed by atoms with Crippen LogP contribution in [0.15, 0.2) is 146 Å². The number of hydrogen-bond donors (Lipinski definition) is 0. The van der Waals surface area contributed by atoms with Gasteiger partial charge in [-0.05, 0) is 52.6 Å². The third-order valence-corrected chi connectivity index (χ3v) is 9.44. The maximum atomic E-state index is 5.32. The quantitative estimate of drug-likeness (QED) is 0.205. The molecule has 0 amide bonds. The average molecular weight is 591 g/mol. The highest BCUT2D eigenvalue weighted by Crippen LogP contribution is 2.51. The fraction of sp³-hybridized carbons (Fsp3) is 0.0714. The van der Waals surface area contributed by atoms with Crippen molar-refractivity contribution >= 4 is 21.9 Å². The van der Waals surface area contributed by atoms with Crippen molar-refractivity contribution in [2.45, 2.75) is 19.3 Å². The zero-order valence-corrected chi connectivity index (χ0v) is 25.6. The van der Waals surface area contributed by atoms with Gasteiger partial charge in [0.05, 0.1) is 22.2 Å². The van der Waals surface area contributed by atoms with E-state index in [0.29, 0.717) is 0 Å². The molecule has 0 unspecified atom stereocenters. The lowest BCUT2D eigenvalue weighted by atomic mass is 9.82. The van der Waals surface area contributed by atoms with Gasteiger partial charge >= 0.3 is 0 Å². The Bertz CT molecular complexity index is 2440. The van der Waals surface area contributed by atoms with E-state index in [9.17, 15) is 0 Å². The van der Waals surface area contributed by atoms with Crippen molar-refractivity contribution in [2.75, 3.05) is 0 Å². The van der Waals surface area contributed by atoms with Crippen LogP contribution in [-0.4, -0.2) is 19.5 Å². The molecule has 0 radical (unpaired) electrons. The van der Waals surface area contributed by atoms with Gasteiger partial charge in [0.25, 0.3) is 0 Å². The second-order valence-electron chi connectivity index (χ2n) is 12.5. The smallest absolute Gasteiger partial charge is 0.161 e. The maximum absolute atomic E-state index is 5.32. The number of fused-ring (bicyclic) bond motifs is 5. The summed E-state index contributed by atoms with van der Waals surface area (Å²) in [5.74, 6) is 1.67. The van der Waals surface area contributed by atoms with Crippen molar-refractivity contribution < 1.29 is 0 Å². The molecule has 0 bridgehead atoms. The molecular formula is C42H30N4. The summed E-state index contributed by atoms with van der Waals surface area (Å²) in [7, 11) is 0. The minimum atomic E-state index is -0.0897. The summed E-state index contributed by atoms with van der Waals surface area (Å²) in [6.07, 6.45) is 0. The van der Waals surface area contributed by atoms with E-state index >= 15 is 0 Å². The van der Waals surface area contributed by atoms with E-state index in [0.717, 1.165) is 61.7 Å². The van der Waals surface area contributed by atoms with Crippen LogP contribution in [0.3, 0.4) is 0 Å². The van der Waals surface area contributed by atoms with E-state index in [1.54, 1.807) is 0 Å². The lowest BCUT2D eigenvalue weighted by Gasteiger charge is -2.21. The molecule has 218 valence electrons. The topological polar surface area (TPSA) is 43.6 Å². The monoisotopic (exact) mass is 590 g/mol. The molecule has 0 spiro atoms. The van der Waals surface area contributed by atoms with Crippen LogP contribution in [0.25, 0.3) is 72.8 Å². The number of rotatable bonds is 4. The molecule has 2 aromatic heterocycles. The van der Waals surface area contributed by atoms with Crippen molar-refractivity contribution in [1.82, 2.24) is 19.5 Å². The molecule has 8 aromatic rings. The van der Waals surface area contributed by atoms with Crippen LogP contribution in [0.2, 0.25) is 0 Å². The highest BCUT2D eigenvalue weighted by Gasteiger charge is 2.37. The minimum Gasteiger partial charge on any atom is -0.292 e. The van der Waals surface area contributed by atoms with Crippen LogP contribution in [0.1, 0.15) is 25.0 Å². The van der Waals surface area contributed by atoms with E-state index in [1.165, 1.54) is 22.3 Å². The second kappa shape index (κ2) is 10.1. The highest BCUT2D eigenvalue weighted by molar-refractivity contribution is 5.96. The SMILES string of the molecule is CC1(C)c2ccccc2-c2c(-c3nc(-c4ccc(-n5c(-c6ccccc6)nc6ccccc65)cc4)c4ccccc4n3)cccc21. The first-order chi connectivity index (χ1) is 22.6. The van der Waals surface area contributed by atoms with Crippen molar-refractivity contribution in [1.29, 1.82) is 0 Å². The summed E-state index contributed by atoms with van der Waals surface area (Å²) in [6.45, 7) is 4.62. The minimum absolute atomic E-state index is 0.0897. The molecule has 1 aliphatic rings. The first-order valence-corrected chi connectivity index (χ1v) is 15.7. The molecule has 6 aromatic carbocycles. The third kappa shape index (κ3) is 3.97. The van der Waals surface area contributed by atoms with Crippen LogP contribution in [0.4, 0.5) is 0 Å². The number of nitrogens with zero attached hydrogens (tertiary/aromatic N) is 4. The first kappa shape index (κ1) is 26.5. The molecule has 0 saturated heterocycles. The summed E-state index contributed by atoms with van der Waals surface area (Å²) in [5.41, 5.74) is 13.2. The van der Waals surface area contributed by atoms with Crippen molar-refractivity contribution in [2.24, 2.45) is 0 Å². The molecule has 0 N–H and O–H groups in total. The molecule has 0 saturated carbocycles. The zero-order chi connectivity index (χ0) is 30.8. The van der Waals surface area contributed by atoms with E-state index < -0.39 is 0 Å². The second-order valence-corrected chi connectivity index (χ2v) is 12.5. The van der Waals surface area contributed by atoms with Gasteiger partial charge in [0.2, 0.25) is 0 Å². The van der Waals surface area contributed by atoms with Crippen LogP contribution < -0.4 is 0 Å². The summed E-state index contributed by atoms with van der Waals surface area (Å²) < 4.78 is 2.24.